The summed E-state index contributed by atoms with van der Waals surface area (Å²) >= 11 is 6.98. The molecular formula is C68H108N14O24S6. The van der Waals surface area contributed by atoms with Gasteiger partial charge in [0.05, 0.1) is 18.9 Å². The van der Waals surface area contributed by atoms with Gasteiger partial charge in [-0.25, -0.2) is 4.79 Å². The van der Waals surface area contributed by atoms with E-state index in [-0.39, 0.29) is 61.5 Å². The third-order valence-electron chi connectivity index (χ3n) is 17.2. The molecule has 0 aromatic heterocycles. The van der Waals surface area contributed by atoms with Gasteiger partial charge in [0.1, 0.15) is 91.8 Å². The second-order valence-corrected chi connectivity index (χ2v) is 35.0. The van der Waals surface area contributed by atoms with Crippen LogP contribution in [0.3, 0.4) is 0 Å². The number of nitrogens with two attached hydrogens (primary N) is 2. The molecule has 4 aliphatic rings. The third kappa shape index (κ3) is 34.6. The monoisotopic (exact) mass is 1700 g/mol. The maximum absolute atomic E-state index is 14.1. The number of carboxylic acids is 4. The first-order valence-corrected chi connectivity index (χ1v) is 42.3. The standard InChI is InChI=1S/C34H53N7O12S3.C34H55N7O12S3/c1-16(2)26-31(48)38-22-15-56-55-11-7-6-8-19(12-24(43)39-26)53-34(52)27(17(3)4)40-32(49)28(41-30(22)47)18(5)54-14-21(29(46)36-13-25(44)45)37-23(42)10-9-20(35)33(50)51;1-16(2)26-31(48)38-22-15-56-34(52,41-27(17(3)4)33(51)53-19(8-6-7-11-54)12-24(43)39-26)28(40-30(22)47)18(5)55-14-21(29(46)36-13-25(44)45)37-23(42)10-9-20(35)32(49)50/h6,8,16-22,26-28H,7,9-15,35H2,1-5H3,(H,36,46)(H,37,42)(H,38,48)(H,39,43)(H,40,49)(H,41,47)(H,44,45)(H,50,51);6,8,16-22,26-28,41,52,54H,7,9-15,35H2,1-5H3,(H,36,46)(H,37,42)(H,38,48)(H,39,43)(H,40,47)(H,44,45)(H,49,50)/b2*8-6+. The lowest BCUT2D eigenvalue weighted by atomic mass is 10.0. The number of amides is 11. The van der Waals surface area contributed by atoms with Gasteiger partial charge in [-0.2, -0.15) is 36.2 Å². The number of nitrogens with one attached hydrogen (secondary N) is 12. The Morgan fingerprint density at radius 1 is 0.580 bits per heavy atom. The first-order chi connectivity index (χ1) is 52.5. The lowest BCUT2D eigenvalue weighted by Crippen LogP contribution is -2.66. The highest BCUT2D eigenvalue weighted by molar-refractivity contribution is 8.76. The fraction of sp³-hybridized carbons (Fsp3) is 0.691. The van der Waals surface area contributed by atoms with Crippen LogP contribution in [-0.2, 0) is 91.0 Å². The number of esters is 2. The number of cyclic esters (lactones) is 1. The minimum absolute atomic E-state index is 0.0722. The van der Waals surface area contributed by atoms with E-state index in [1.54, 1.807) is 93.5 Å². The number of rotatable bonds is 31. The van der Waals surface area contributed by atoms with Crippen molar-refractivity contribution in [1.29, 1.82) is 0 Å². The number of hydrogen-bond donors (Lipinski definition) is 20. The number of carboxylic acid groups (broad SMARTS) is 4. The molecule has 3 fully saturated rings. The van der Waals surface area contributed by atoms with E-state index in [2.05, 4.69) is 76.4 Å². The molecule has 0 radical (unpaired) electrons. The molecule has 11 amide bonds. The first-order valence-electron chi connectivity index (χ1n) is 36.1. The highest BCUT2D eigenvalue weighted by Gasteiger charge is 2.50. The van der Waals surface area contributed by atoms with Crippen molar-refractivity contribution >= 4 is 170 Å². The molecule has 0 aromatic rings. The average Bonchev–Trinajstić information content (AvgIpc) is 1.80. The van der Waals surface area contributed by atoms with Crippen molar-refractivity contribution in [3.8, 4) is 0 Å². The average molecular weight is 1700 g/mol. The minimum atomic E-state index is -2.13. The van der Waals surface area contributed by atoms with Crippen LogP contribution in [0.4, 0.5) is 0 Å². The van der Waals surface area contributed by atoms with Crippen LogP contribution in [0.2, 0.25) is 0 Å². The quantitative estimate of drug-likeness (QED) is 0.0144. The van der Waals surface area contributed by atoms with E-state index in [0.717, 1.165) is 35.3 Å². The molecule has 3 saturated heterocycles. The Morgan fingerprint density at radius 2 is 1.04 bits per heavy atom. The van der Waals surface area contributed by atoms with E-state index in [1.165, 1.54) is 21.6 Å². The van der Waals surface area contributed by atoms with Gasteiger partial charge in [-0.1, -0.05) is 103 Å². The van der Waals surface area contributed by atoms with Gasteiger partial charge >= 0.3 is 35.8 Å². The first kappa shape index (κ1) is 98.6. The fourth-order valence-corrected chi connectivity index (χ4v) is 16.7. The Bertz CT molecular complexity index is 3380. The Hall–Kier alpha value is -7.59. The number of carbonyl (C=O) groups excluding carboxylic acids is 13. The van der Waals surface area contributed by atoms with Gasteiger partial charge in [0, 0.05) is 52.1 Å². The van der Waals surface area contributed by atoms with E-state index < -0.39 is 238 Å². The van der Waals surface area contributed by atoms with E-state index in [4.69, 9.17) is 41.4 Å². The van der Waals surface area contributed by atoms with Crippen LogP contribution >= 0.6 is 69.5 Å². The van der Waals surface area contributed by atoms with E-state index in [1.807, 2.05) is 0 Å². The topological polar surface area (TPSA) is 606 Å². The van der Waals surface area contributed by atoms with Crippen molar-refractivity contribution in [2.24, 2.45) is 35.1 Å². The predicted molar refractivity (Wildman–Crippen MR) is 421 cm³/mol. The van der Waals surface area contributed by atoms with E-state index in [0.29, 0.717) is 24.3 Å². The lowest BCUT2D eigenvalue weighted by Gasteiger charge is -2.41. The zero-order valence-corrected chi connectivity index (χ0v) is 68.8. The zero-order chi connectivity index (χ0) is 84.4. The van der Waals surface area contributed by atoms with Gasteiger partial charge in [0.15, 0.2) is 5.06 Å². The van der Waals surface area contributed by atoms with Crippen molar-refractivity contribution < 1.29 is 117 Å². The Morgan fingerprint density at radius 3 is 1.52 bits per heavy atom. The van der Waals surface area contributed by atoms with Gasteiger partial charge < -0.3 is 105 Å². The van der Waals surface area contributed by atoms with Crippen molar-refractivity contribution in [3.63, 3.8) is 0 Å². The largest absolute Gasteiger partial charge is 0.480 e. The molecule has 17 unspecified atom stereocenters. The van der Waals surface area contributed by atoms with Crippen LogP contribution in [0.5, 0.6) is 0 Å². The molecule has 44 heteroatoms. The van der Waals surface area contributed by atoms with Crippen LogP contribution in [0, 0.1) is 23.7 Å². The summed E-state index contributed by atoms with van der Waals surface area (Å²) in [6.45, 7) is 15.2. The van der Waals surface area contributed by atoms with Gasteiger partial charge in [-0.15, -0.1) is 11.8 Å². The van der Waals surface area contributed by atoms with Crippen LogP contribution < -0.4 is 75.3 Å². The molecule has 0 aromatic carbocycles. The second kappa shape index (κ2) is 49.2. The van der Waals surface area contributed by atoms with Crippen LogP contribution in [0.1, 0.15) is 121 Å². The van der Waals surface area contributed by atoms with Crippen molar-refractivity contribution in [3.05, 3.63) is 24.3 Å². The van der Waals surface area contributed by atoms with E-state index >= 15 is 0 Å². The molecule has 4 rings (SSSR count). The molecule has 4 heterocycles. The smallest absolute Gasteiger partial charge is 0.329 e. The minimum Gasteiger partial charge on any atom is -0.480 e. The highest BCUT2D eigenvalue weighted by Crippen LogP contribution is 2.35. The van der Waals surface area contributed by atoms with Crippen molar-refractivity contribution in [2.75, 3.05) is 47.6 Å². The van der Waals surface area contributed by atoms with Crippen molar-refractivity contribution in [1.82, 2.24) is 63.8 Å². The molecule has 630 valence electrons. The summed E-state index contributed by atoms with van der Waals surface area (Å²) in [7, 11) is 2.73. The number of allylic oxidation sites excluding steroid dienone is 2. The molecule has 0 spiro atoms. The lowest BCUT2D eigenvalue weighted by molar-refractivity contribution is -0.154. The number of fused-ring (bicyclic) bond motifs is 10. The molecule has 0 saturated carbocycles. The number of thioether (sulfide) groups is 3. The Labute approximate surface area is 674 Å². The summed E-state index contributed by atoms with van der Waals surface area (Å²) in [5, 5.41) is 76.0. The molecule has 21 N–H and O–H groups in total. The fourth-order valence-electron chi connectivity index (χ4n) is 10.7. The summed E-state index contributed by atoms with van der Waals surface area (Å²) in [5.74, 6) is -16.3. The van der Waals surface area contributed by atoms with Crippen molar-refractivity contribution in [2.45, 2.75) is 221 Å². The zero-order valence-electron chi connectivity index (χ0n) is 63.8. The number of aliphatic hydroxyl groups is 1. The van der Waals surface area contributed by atoms with Crippen LogP contribution in [-0.4, -0.2) is 274 Å². The maximum atomic E-state index is 14.1. The number of ether oxygens (including phenoxy) is 2. The highest BCUT2D eigenvalue weighted by atomic mass is 33.1. The molecule has 0 aliphatic carbocycles. The van der Waals surface area contributed by atoms with E-state index in [9.17, 15) is 86.6 Å². The molecule has 17 atom stereocenters. The summed E-state index contributed by atoms with van der Waals surface area (Å²) in [4.78, 5) is 219. The number of aliphatic carboxylic acids is 4. The second-order valence-electron chi connectivity index (χ2n) is 27.9. The number of thiol groups is 1. The normalized spacial score (nSPS) is 26.0. The Balaban J connectivity index is 0.000000580. The molecular weight excluding hydrogens is 1590 g/mol. The maximum Gasteiger partial charge on any atom is 0.329 e. The van der Waals surface area contributed by atoms with Gasteiger partial charge in [0.2, 0.25) is 65.0 Å². The third-order valence-corrected chi connectivity index (χ3v) is 23.8. The molecule has 112 heavy (non-hydrogen) atoms. The van der Waals surface area contributed by atoms with Crippen LogP contribution in [0.15, 0.2) is 24.3 Å². The molecule has 4 bridgehead atoms. The summed E-state index contributed by atoms with van der Waals surface area (Å²) in [5.41, 5.74) is 11.0. The van der Waals surface area contributed by atoms with Gasteiger partial charge in [0.25, 0.3) is 0 Å². The van der Waals surface area contributed by atoms with Gasteiger partial charge in [-0.05, 0) is 67.3 Å². The number of hydrogen-bond acceptors (Lipinski definition) is 29. The summed E-state index contributed by atoms with van der Waals surface area (Å²) in [6.07, 6.45) is 3.73. The number of carbonyl (C=O) groups is 17. The summed E-state index contributed by atoms with van der Waals surface area (Å²) < 4.78 is 11.6. The SMILES string of the molecule is CC(C)C1NC(=O)CC(/C=C/CCS)OC(=O)C(C(C)C)NC2(O)SCC(NC1=O)C(=O)NC2C(C)SCC(NC(=O)CCC(N)C(=O)O)C(=O)NCC(=O)O.CC(C)C1NC(=O)CC2/C=C/CCSSCC(NC1=O)C(=O)NC(C(C)SCC(NC(=O)CCC(N)C(=O)O)C(=O)NCC(=O)O)C(=O)NC(C(C)C)C(=O)O2. The van der Waals surface area contributed by atoms with Crippen LogP contribution in [0.25, 0.3) is 0 Å². The molecule has 4 aliphatic heterocycles. The predicted octanol–water partition coefficient (Wildman–Crippen LogP) is -2.81. The summed E-state index contributed by atoms with van der Waals surface area (Å²) in [6, 6.07) is -15.0. The molecule has 38 nitrogen and oxygen atoms in total. The Kier molecular flexibility index (Phi) is 43.4. The van der Waals surface area contributed by atoms with Gasteiger partial charge in [-0.3, -0.25) is 82.0 Å².